The molecule has 0 aromatic heterocycles. The molecule has 0 saturated carbocycles. The molecule has 0 radical (unpaired) electrons. The van der Waals surface area contributed by atoms with E-state index in [0.717, 1.165) is 29.4 Å². The first kappa shape index (κ1) is 29.9. The van der Waals surface area contributed by atoms with Gasteiger partial charge in [-0.2, -0.15) is 0 Å². The van der Waals surface area contributed by atoms with Crippen LogP contribution in [0.3, 0.4) is 0 Å². The number of para-hydroxylation sites is 3. The zero-order chi connectivity index (χ0) is 29.6. The molecule has 0 spiro atoms. The second kappa shape index (κ2) is 13.6. The molecule has 216 valence electrons. The monoisotopic (exact) mass is 596 g/mol. The van der Waals surface area contributed by atoms with Gasteiger partial charge in [0.25, 0.3) is 0 Å². The van der Waals surface area contributed by atoms with Crippen LogP contribution in [0.5, 0.6) is 23.0 Å². The standard InChI is InChI=1S/C36H38O4P2/c1-25-15-13-20-31(40-6)36(25)42(35-23-12-9-19-30(35)39-5)32-24-14-16-27(32)26(2)41(33-21-10-7-17-28(33)37-3)34-22-11-8-18-29(34)38-4/h7-15,17-24,26H,16H2,1-6H3/t26-,42?/m1/s1. The van der Waals surface area contributed by atoms with E-state index in [9.17, 15) is 0 Å². The van der Waals surface area contributed by atoms with Gasteiger partial charge in [-0.15, -0.1) is 0 Å². The summed E-state index contributed by atoms with van der Waals surface area (Å²) >= 11 is 0. The first-order valence-corrected chi connectivity index (χ1v) is 16.8. The fraction of sp³-hybridized carbons (Fsp3) is 0.222. The molecular formula is C36H38O4P2. The molecule has 4 aromatic carbocycles. The zero-order valence-corrected chi connectivity index (χ0v) is 26.9. The second-order valence-electron chi connectivity index (χ2n) is 10.0. The van der Waals surface area contributed by atoms with Crippen molar-refractivity contribution in [2.45, 2.75) is 25.9 Å². The molecule has 1 aliphatic carbocycles. The van der Waals surface area contributed by atoms with Crippen molar-refractivity contribution < 1.29 is 18.9 Å². The van der Waals surface area contributed by atoms with E-state index in [2.05, 4.69) is 98.8 Å². The first-order chi connectivity index (χ1) is 20.5. The zero-order valence-electron chi connectivity index (χ0n) is 25.1. The topological polar surface area (TPSA) is 36.9 Å². The van der Waals surface area contributed by atoms with Gasteiger partial charge in [0.15, 0.2) is 0 Å². The van der Waals surface area contributed by atoms with Crippen LogP contribution in [-0.4, -0.2) is 34.1 Å². The van der Waals surface area contributed by atoms with Crippen molar-refractivity contribution in [3.63, 3.8) is 0 Å². The average molecular weight is 597 g/mol. The lowest BCUT2D eigenvalue weighted by molar-refractivity contribution is 0.417. The van der Waals surface area contributed by atoms with Crippen molar-refractivity contribution in [2.24, 2.45) is 0 Å². The molecule has 0 N–H and O–H groups in total. The maximum atomic E-state index is 6.00. The predicted molar refractivity (Wildman–Crippen MR) is 179 cm³/mol. The Morgan fingerprint density at radius 2 is 1.07 bits per heavy atom. The average Bonchev–Trinajstić information content (AvgIpc) is 3.52. The number of ether oxygens (including phenoxy) is 4. The number of methoxy groups -OCH3 is 4. The highest BCUT2D eigenvalue weighted by Gasteiger charge is 2.35. The van der Waals surface area contributed by atoms with Gasteiger partial charge in [0, 0.05) is 26.9 Å². The summed E-state index contributed by atoms with van der Waals surface area (Å²) < 4.78 is 23.8. The smallest absolute Gasteiger partial charge is 0.127 e. The van der Waals surface area contributed by atoms with Gasteiger partial charge in [0.2, 0.25) is 0 Å². The molecule has 1 unspecified atom stereocenters. The third-order valence-electron chi connectivity index (χ3n) is 7.73. The van der Waals surface area contributed by atoms with Crippen molar-refractivity contribution in [3.8, 4) is 23.0 Å². The van der Waals surface area contributed by atoms with Crippen LogP contribution >= 0.6 is 15.8 Å². The SMILES string of the molecule is COc1ccccc1P(C1=C([C@@H](C)P(c2ccccc2OC)c2ccccc2OC)CC=C1)c1c(C)cccc1OC. The Kier molecular flexibility index (Phi) is 9.68. The Labute approximate surface area is 252 Å². The van der Waals surface area contributed by atoms with Crippen LogP contribution in [0.25, 0.3) is 0 Å². The third kappa shape index (κ3) is 5.71. The Morgan fingerprint density at radius 1 is 0.595 bits per heavy atom. The minimum absolute atomic E-state index is 0.201. The lowest BCUT2D eigenvalue weighted by Gasteiger charge is -2.32. The Morgan fingerprint density at radius 3 is 1.62 bits per heavy atom. The predicted octanol–water partition coefficient (Wildman–Crippen LogP) is 7.20. The first-order valence-electron chi connectivity index (χ1n) is 14.1. The van der Waals surface area contributed by atoms with Gasteiger partial charge in [-0.1, -0.05) is 91.4 Å². The molecule has 6 heteroatoms. The molecule has 1 aliphatic rings. The van der Waals surface area contributed by atoms with Crippen LogP contribution in [0.15, 0.2) is 114 Å². The molecule has 0 bridgehead atoms. The fourth-order valence-electron chi connectivity index (χ4n) is 5.74. The summed E-state index contributed by atoms with van der Waals surface area (Å²) in [5.41, 5.74) is 2.84. The molecule has 0 amide bonds. The maximum Gasteiger partial charge on any atom is 0.127 e. The third-order valence-corrected chi connectivity index (χ3v) is 13.4. The van der Waals surface area contributed by atoms with Crippen LogP contribution in [-0.2, 0) is 0 Å². The number of rotatable bonds is 11. The van der Waals surface area contributed by atoms with Crippen molar-refractivity contribution >= 4 is 37.1 Å². The van der Waals surface area contributed by atoms with E-state index in [1.165, 1.54) is 37.7 Å². The van der Waals surface area contributed by atoms with Gasteiger partial charge in [-0.25, -0.2) is 0 Å². The molecule has 0 aliphatic heterocycles. The molecule has 4 nitrogen and oxygen atoms in total. The van der Waals surface area contributed by atoms with Crippen LogP contribution in [0.1, 0.15) is 18.9 Å². The molecule has 2 atom stereocenters. The van der Waals surface area contributed by atoms with Crippen LogP contribution in [0.4, 0.5) is 0 Å². The lowest BCUT2D eigenvalue weighted by atomic mass is 10.2. The summed E-state index contributed by atoms with van der Waals surface area (Å²) in [6.45, 7) is 4.55. The molecular weight excluding hydrogens is 558 g/mol. The normalized spacial score (nSPS) is 14.2. The number of hydrogen-bond donors (Lipinski definition) is 0. The highest BCUT2D eigenvalue weighted by Crippen LogP contribution is 2.57. The van der Waals surface area contributed by atoms with Gasteiger partial charge < -0.3 is 18.9 Å². The van der Waals surface area contributed by atoms with Crippen molar-refractivity contribution in [1.29, 1.82) is 0 Å². The maximum absolute atomic E-state index is 6.00. The minimum Gasteiger partial charge on any atom is -0.496 e. The van der Waals surface area contributed by atoms with Crippen molar-refractivity contribution in [3.05, 3.63) is 120 Å². The fourth-order valence-corrected chi connectivity index (χ4v) is 11.8. The van der Waals surface area contributed by atoms with E-state index in [1.807, 2.05) is 18.2 Å². The van der Waals surface area contributed by atoms with E-state index >= 15 is 0 Å². The van der Waals surface area contributed by atoms with Crippen LogP contribution in [0.2, 0.25) is 0 Å². The summed E-state index contributed by atoms with van der Waals surface area (Å²) in [4.78, 5) is 0. The molecule has 0 fully saturated rings. The van der Waals surface area contributed by atoms with Gasteiger partial charge >= 0.3 is 0 Å². The van der Waals surface area contributed by atoms with Gasteiger partial charge in [0.05, 0.1) is 28.4 Å². The number of hydrogen-bond acceptors (Lipinski definition) is 4. The van der Waals surface area contributed by atoms with E-state index in [-0.39, 0.29) is 5.66 Å². The number of benzene rings is 4. The van der Waals surface area contributed by atoms with Gasteiger partial charge in [0.1, 0.15) is 23.0 Å². The van der Waals surface area contributed by atoms with Crippen LogP contribution in [0, 0.1) is 6.92 Å². The van der Waals surface area contributed by atoms with E-state index < -0.39 is 15.8 Å². The Balaban J connectivity index is 1.77. The second-order valence-corrected chi connectivity index (χ2v) is 14.6. The van der Waals surface area contributed by atoms with Crippen LogP contribution < -0.4 is 40.2 Å². The summed E-state index contributed by atoms with van der Waals surface area (Å²) in [6, 6.07) is 31.6. The van der Waals surface area contributed by atoms with E-state index in [4.69, 9.17) is 18.9 Å². The molecule has 0 saturated heterocycles. The summed E-state index contributed by atoms with van der Waals surface area (Å²) in [5.74, 6) is 3.61. The highest BCUT2D eigenvalue weighted by molar-refractivity contribution is 7.78. The Hall–Kier alpha value is -3.58. The summed E-state index contributed by atoms with van der Waals surface area (Å²) in [7, 11) is 5.14. The van der Waals surface area contributed by atoms with E-state index in [1.54, 1.807) is 28.4 Å². The number of allylic oxidation sites excluding steroid dienone is 4. The summed E-state index contributed by atoms with van der Waals surface area (Å²) in [5, 5.41) is 6.19. The quantitative estimate of drug-likeness (QED) is 0.172. The Bertz CT molecular complexity index is 1560. The molecule has 0 heterocycles. The lowest BCUT2D eigenvalue weighted by Crippen LogP contribution is -2.25. The molecule has 42 heavy (non-hydrogen) atoms. The minimum atomic E-state index is -0.992. The number of aryl methyl sites for hydroxylation is 1. The van der Waals surface area contributed by atoms with E-state index in [0.29, 0.717) is 0 Å². The molecule has 4 aromatic rings. The van der Waals surface area contributed by atoms with Gasteiger partial charge in [-0.05, 0) is 64.3 Å². The van der Waals surface area contributed by atoms with Gasteiger partial charge in [-0.3, -0.25) is 0 Å². The van der Waals surface area contributed by atoms with Crippen molar-refractivity contribution in [1.82, 2.24) is 0 Å². The van der Waals surface area contributed by atoms with Crippen molar-refractivity contribution in [2.75, 3.05) is 28.4 Å². The molecule has 5 rings (SSSR count). The highest BCUT2D eigenvalue weighted by atomic mass is 31.1. The largest absolute Gasteiger partial charge is 0.496 e. The summed E-state index contributed by atoms with van der Waals surface area (Å²) in [6.07, 6.45) is 5.55.